The smallest absolute Gasteiger partial charge is 0.264 e. The van der Waals surface area contributed by atoms with Gasteiger partial charge in [-0.2, -0.15) is 0 Å². The summed E-state index contributed by atoms with van der Waals surface area (Å²) in [5.41, 5.74) is 0.874. The summed E-state index contributed by atoms with van der Waals surface area (Å²) in [4.78, 5) is 28.9. The van der Waals surface area contributed by atoms with E-state index in [1.54, 1.807) is 49.6 Å². The van der Waals surface area contributed by atoms with Gasteiger partial charge in [0.2, 0.25) is 11.8 Å². The Morgan fingerprint density at radius 3 is 2.07 bits per heavy atom. The molecule has 41 heavy (non-hydrogen) atoms. The van der Waals surface area contributed by atoms with Crippen molar-refractivity contribution in [1.82, 2.24) is 10.2 Å². The minimum Gasteiger partial charge on any atom is -0.497 e. The molecule has 2 atom stereocenters. The van der Waals surface area contributed by atoms with Crippen LogP contribution in [-0.4, -0.2) is 50.9 Å². The van der Waals surface area contributed by atoms with E-state index in [4.69, 9.17) is 27.9 Å². The summed E-state index contributed by atoms with van der Waals surface area (Å²) in [5, 5.41) is 3.38. The standard InChI is InChI=1S/C30H35Cl2N3O5S/c1-5-21(3)33-30(37)28(6-2)34(19-22-12-14-26(40-4)15-13-22)29(36)20-35(25-17-23(31)16-24(32)18-25)41(38,39)27-10-8-7-9-11-27/h7-18,21,28H,5-6,19-20H2,1-4H3,(H,33,37)/t21-,28+/m0/s1. The molecule has 0 heterocycles. The van der Waals surface area contributed by atoms with Gasteiger partial charge >= 0.3 is 0 Å². The molecule has 3 aromatic carbocycles. The van der Waals surface area contributed by atoms with E-state index in [0.29, 0.717) is 18.6 Å². The Morgan fingerprint density at radius 2 is 1.54 bits per heavy atom. The van der Waals surface area contributed by atoms with E-state index in [0.717, 1.165) is 9.87 Å². The fraction of sp³-hybridized carbons (Fsp3) is 0.333. The first-order valence-corrected chi connectivity index (χ1v) is 15.5. The third-order valence-corrected chi connectivity index (χ3v) is 8.87. The Labute approximate surface area is 252 Å². The number of carbonyl (C=O) groups is 2. The van der Waals surface area contributed by atoms with Crippen molar-refractivity contribution in [3.05, 3.63) is 88.4 Å². The molecule has 0 spiro atoms. The molecule has 11 heteroatoms. The van der Waals surface area contributed by atoms with Crippen LogP contribution in [-0.2, 0) is 26.2 Å². The molecule has 0 fully saturated rings. The van der Waals surface area contributed by atoms with Crippen LogP contribution in [0.15, 0.2) is 77.7 Å². The highest BCUT2D eigenvalue weighted by Crippen LogP contribution is 2.30. The number of halogens is 2. The van der Waals surface area contributed by atoms with Crippen LogP contribution in [0.4, 0.5) is 5.69 Å². The Hall–Kier alpha value is -3.27. The number of hydrogen-bond donors (Lipinski definition) is 1. The first-order valence-electron chi connectivity index (χ1n) is 13.3. The maximum atomic E-state index is 14.1. The lowest BCUT2D eigenvalue weighted by atomic mass is 10.1. The molecule has 0 unspecified atom stereocenters. The predicted octanol–water partition coefficient (Wildman–Crippen LogP) is 5.92. The quantitative estimate of drug-likeness (QED) is 0.256. The van der Waals surface area contributed by atoms with E-state index in [1.165, 1.54) is 35.2 Å². The van der Waals surface area contributed by atoms with Gasteiger partial charge in [0.05, 0.1) is 17.7 Å². The molecule has 0 aliphatic rings. The van der Waals surface area contributed by atoms with Crippen molar-refractivity contribution < 1.29 is 22.7 Å². The number of nitrogens with one attached hydrogen (secondary N) is 1. The van der Waals surface area contributed by atoms with Crippen LogP contribution in [0, 0.1) is 0 Å². The van der Waals surface area contributed by atoms with Gasteiger partial charge in [0, 0.05) is 22.6 Å². The molecule has 0 aromatic heterocycles. The van der Waals surface area contributed by atoms with Crippen molar-refractivity contribution in [1.29, 1.82) is 0 Å². The number of hydrogen-bond acceptors (Lipinski definition) is 5. The minimum absolute atomic E-state index is 0.00726. The summed E-state index contributed by atoms with van der Waals surface area (Å²) in [6, 6.07) is 18.3. The fourth-order valence-electron chi connectivity index (χ4n) is 4.22. The Morgan fingerprint density at radius 1 is 0.927 bits per heavy atom. The molecular weight excluding hydrogens is 585 g/mol. The molecule has 3 aromatic rings. The lowest BCUT2D eigenvalue weighted by Crippen LogP contribution is -2.53. The SMILES string of the molecule is CC[C@H](C(=O)N[C@@H](C)CC)N(Cc1ccc(OC)cc1)C(=O)CN(c1cc(Cl)cc(Cl)c1)S(=O)(=O)c1ccccc1. The number of carbonyl (C=O) groups excluding carboxylic acids is 2. The van der Waals surface area contributed by atoms with E-state index in [-0.39, 0.29) is 39.1 Å². The average Bonchev–Trinajstić information content (AvgIpc) is 2.95. The summed E-state index contributed by atoms with van der Waals surface area (Å²) >= 11 is 12.5. The number of methoxy groups -OCH3 is 1. The predicted molar refractivity (Wildman–Crippen MR) is 163 cm³/mol. The summed E-state index contributed by atoms with van der Waals surface area (Å²) in [6.07, 6.45) is 1.03. The van der Waals surface area contributed by atoms with Crippen LogP contribution in [0.25, 0.3) is 0 Å². The molecule has 3 rings (SSSR count). The maximum absolute atomic E-state index is 14.1. The number of benzene rings is 3. The average molecular weight is 621 g/mol. The molecule has 0 aliphatic carbocycles. The summed E-state index contributed by atoms with van der Waals surface area (Å²) in [5.74, 6) is -0.235. The van der Waals surface area contributed by atoms with Crippen LogP contribution < -0.4 is 14.4 Å². The Balaban J connectivity index is 2.07. The topological polar surface area (TPSA) is 96.0 Å². The molecule has 1 N–H and O–H groups in total. The van der Waals surface area contributed by atoms with E-state index in [2.05, 4.69) is 5.32 Å². The van der Waals surface area contributed by atoms with Crippen molar-refractivity contribution in [3.63, 3.8) is 0 Å². The van der Waals surface area contributed by atoms with Crippen LogP contribution >= 0.6 is 23.2 Å². The van der Waals surface area contributed by atoms with Crippen molar-refractivity contribution in [2.24, 2.45) is 0 Å². The number of anilines is 1. The molecule has 8 nitrogen and oxygen atoms in total. The van der Waals surface area contributed by atoms with E-state index < -0.39 is 28.5 Å². The van der Waals surface area contributed by atoms with Crippen LogP contribution in [0.5, 0.6) is 5.75 Å². The van der Waals surface area contributed by atoms with Crippen LogP contribution in [0.2, 0.25) is 10.0 Å². The van der Waals surface area contributed by atoms with Crippen molar-refractivity contribution >= 4 is 50.7 Å². The fourth-order valence-corrected chi connectivity index (χ4v) is 6.15. The highest BCUT2D eigenvalue weighted by Gasteiger charge is 2.34. The molecule has 2 amide bonds. The maximum Gasteiger partial charge on any atom is 0.264 e. The molecule has 0 aliphatic heterocycles. The number of sulfonamides is 1. The second kappa shape index (κ2) is 14.6. The summed E-state index contributed by atoms with van der Waals surface area (Å²) < 4.78 is 34.0. The highest BCUT2D eigenvalue weighted by molar-refractivity contribution is 7.92. The Kier molecular flexibility index (Phi) is 11.5. The van der Waals surface area contributed by atoms with E-state index >= 15 is 0 Å². The molecular formula is C30H35Cl2N3O5S. The molecule has 0 saturated heterocycles. The number of ether oxygens (including phenoxy) is 1. The van der Waals surface area contributed by atoms with Gasteiger partial charge in [0.1, 0.15) is 18.3 Å². The monoisotopic (exact) mass is 619 g/mol. The second-order valence-corrected chi connectivity index (χ2v) is 12.3. The number of rotatable bonds is 13. The van der Waals surface area contributed by atoms with Gasteiger partial charge < -0.3 is 15.0 Å². The van der Waals surface area contributed by atoms with Gasteiger partial charge in [-0.05, 0) is 67.8 Å². The second-order valence-electron chi connectivity index (χ2n) is 9.56. The molecule has 0 saturated carbocycles. The zero-order chi connectivity index (χ0) is 30.2. The van der Waals surface area contributed by atoms with E-state index in [9.17, 15) is 18.0 Å². The van der Waals surface area contributed by atoms with Gasteiger partial charge in [-0.15, -0.1) is 0 Å². The van der Waals surface area contributed by atoms with Crippen LogP contribution in [0.1, 0.15) is 39.2 Å². The number of amides is 2. The number of nitrogens with zero attached hydrogens (tertiary/aromatic N) is 2. The van der Waals surface area contributed by atoms with Gasteiger partial charge in [-0.1, -0.05) is 67.4 Å². The minimum atomic E-state index is -4.22. The van der Waals surface area contributed by atoms with Gasteiger partial charge in [0.25, 0.3) is 10.0 Å². The largest absolute Gasteiger partial charge is 0.497 e. The molecule has 0 radical (unpaired) electrons. The Bertz CT molecular complexity index is 1420. The highest BCUT2D eigenvalue weighted by atomic mass is 35.5. The molecule has 0 bridgehead atoms. The zero-order valence-corrected chi connectivity index (χ0v) is 25.8. The third-order valence-electron chi connectivity index (χ3n) is 6.64. The van der Waals surface area contributed by atoms with Crippen molar-refractivity contribution in [2.75, 3.05) is 18.0 Å². The van der Waals surface area contributed by atoms with Crippen LogP contribution in [0.3, 0.4) is 0 Å². The first-order chi connectivity index (χ1) is 19.5. The molecule has 220 valence electrons. The third kappa shape index (κ3) is 8.38. The van der Waals surface area contributed by atoms with Crippen molar-refractivity contribution in [3.8, 4) is 5.75 Å². The van der Waals surface area contributed by atoms with Crippen molar-refractivity contribution in [2.45, 2.75) is 57.1 Å². The first kappa shape index (κ1) is 32.2. The normalized spacial score (nSPS) is 12.7. The summed E-state index contributed by atoms with van der Waals surface area (Å²) in [7, 11) is -2.67. The van der Waals surface area contributed by atoms with E-state index in [1.807, 2.05) is 20.8 Å². The lowest BCUT2D eigenvalue weighted by Gasteiger charge is -2.33. The zero-order valence-electron chi connectivity index (χ0n) is 23.5. The van der Waals surface area contributed by atoms with Gasteiger partial charge in [-0.25, -0.2) is 8.42 Å². The van der Waals surface area contributed by atoms with Gasteiger partial charge in [-0.3, -0.25) is 13.9 Å². The lowest BCUT2D eigenvalue weighted by molar-refractivity contribution is -0.140. The summed E-state index contributed by atoms with van der Waals surface area (Å²) in [6.45, 7) is 5.14. The van der Waals surface area contributed by atoms with Gasteiger partial charge in [0.15, 0.2) is 0 Å².